The summed E-state index contributed by atoms with van der Waals surface area (Å²) in [6, 6.07) is -0.750. The second kappa shape index (κ2) is 6.31. The topological polar surface area (TPSA) is 110 Å². The van der Waals surface area contributed by atoms with E-state index in [4.69, 9.17) is 9.84 Å². The van der Waals surface area contributed by atoms with Crippen LogP contribution in [0.15, 0.2) is 0 Å². The van der Waals surface area contributed by atoms with Crippen molar-refractivity contribution in [2.75, 3.05) is 33.1 Å². The van der Waals surface area contributed by atoms with E-state index in [1.54, 1.807) is 0 Å². The van der Waals surface area contributed by atoms with E-state index in [0.29, 0.717) is 0 Å². The van der Waals surface area contributed by atoms with Crippen molar-refractivity contribution in [2.45, 2.75) is 12.5 Å². The van der Waals surface area contributed by atoms with Crippen molar-refractivity contribution in [1.29, 1.82) is 0 Å². The fourth-order valence-electron chi connectivity index (χ4n) is 1.80. The molecule has 0 amide bonds. The summed E-state index contributed by atoms with van der Waals surface area (Å²) < 4.78 is 34.3. The van der Waals surface area contributed by atoms with Gasteiger partial charge in [-0.15, -0.1) is 0 Å². The zero-order valence-corrected chi connectivity index (χ0v) is 11.6. The summed E-state index contributed by atoms with van der Waals surface area (Å²) in [5.74, 6) is -3.04. The quantitative estimate of drug-likeness (QED) is 0.620. The Labute approximate surface area is 111 Å². The predicted octanol–water partition coefficient (Wildman–Crippen LogP) is -1.09. The zero-order chi connectivity index (χ0) is 14.6. The molecule has 0 saturated carbocycles. The van der Waals surface area contributed by atoms with Crippen molar-refractivity contribution in [2.24, 2.45) is 5.92 Å². The van der Waals surface area contributed by atoms with E-state index < -0.39 is 39.7 Å². The van der Waals surface area contributed by atoms with Gasteiger partial charge in [0.1, 0.15) is 0 Å². The molecule has 19 heavy (non-hydrogen) atoms. The molecule has 0 aromatic carbocycles. The summed E-state index contributed by atoms with van der Waals surface area (Å²) in [5.41, 5.74) is 0. The molecule has 2 unspecified atom stereocenters. The van der Waals surface area contributed by atoms with Gasteiger partial charge in [0, 0.05) is 7.05 Å². The molecule has 0 spiro atoms. The van der Waals surface area contributed by atoms with Gasteiger partial charge < -0.3 is 14.6 Å². The maximum absolute atomic E-state index is 12.0. The number of likely N-dealkylation sites (N-methyl/N-ethyl adjacent to an activating group) is 1. The predicted molar refractivity (Wildman–Crippen MR) is 63.9 cm³/mol. The highest BCUT2D eigenvalue weighted by atomic mass is 32.2. The van der Waals surface area contributed by atoms with Crippen molar-refractivity contribution in [1.82, 2.24) is 4.31 Å². The monoisotopic (exact) mass is 295 g/mol. The summed E-state index contributed by atoms with van der Waals surface area (Å²) in [6.07, 6.45) is -0.269. The van der Waals surface area contributed by atoms with E-state index >= 15 is 0 Å². The fraction of sp³-hybridized carbons (Fsp3) is 0.800. The molecule has 8 nitrogen and oxygen atoms in total. The lowest BCUT2D eigenvalue weighted by Gasteiger charge is -2.25. The van der Waals surface area contributed by atoms with Crippen molar-refractivity contribution in [3.05, 3.63) is 0 Å². The lowest BCUT2D eigenvalue weighted by Crippen LogP contribution is -2.45. The molecule has 2 atom stereocenters. The van der Waals surface area contributed by atoms with Gasteiger partial charge in [0.05, 0.1) is 44.5 Å². The molecule has 1 rings (SSSR count). The van der Waals surface area contributed by atoms with Gasteiger partial charge >= 0.3 is 11.9 Å². The Hall–Kier alpha value is -1.19. The molecular formula is C10H17NO7S. The smallest absolute Gasteiger partial charge is 0.310 e. The van der Waals surface area contributed by atoms with E-state index in [0.717, 1.165) is 4.31 Å². The molecule has 1 saturated heterocycles. The Balaban J connectivity index is 2.72. The molecule has 0 radical (unpaired) electrons. The number of ether oxygens (including phenoxy) is 2. The number of rotatable bonds is 6. The first kappa shape index (κ1) is 15.9. The average molecular weight is 295 g/mol. The Kier molecular flexibility index (Phi) is 5.27. The zero-order valence-electron chi connectivity index (χ0n) is 10.7. The van der Waals surface area contributed by atoms with E-state index in [9.17, 15) is 18.0 Å². The number of sulfonamides is 1. The summed E-state index contributed by atoms with van der Waals surface area (Å²) in [7, 11) is -1.26. The second-order valence-electron chi connectivity index (χ2n) is 4.21. The molecule has 9 heteroatoms. The van der Waals surface area contributed by atoms with Gasteiger partial charge in [-0.1, -0.05) is 0 Å². The summed E-state index contributed by atoms with van der Waals surface area (Å²) in [5, 5.41) is 8.98. The average Bonchev–Trinajstić information content (AvgIpc) is 2.84. The van der Waals surface area contributed by atoms with Crippen molar-refractivity contribution in [3.8, 4) is 0 Å². The van der Waals surface area contributed by atoms with E-state index in [1.807, 2.05) is 0 Å². The number of nitrogens with zero attached hydrogens (tertiary/aromatic N) is 1. The van der Waals surface area contributed by atoms with Crippen LogP contribution in [0, 0.1) is 5.92 Å². The van der Waals surface area contributed by atoms with Gasteiger partial charge in [0.25, 0.3) is 0 Å². The molecule has 0 aromatic rings. The van der Waals surface area contributed by atoms with Crippen LogP contribution in [0.2, 0.25) is 0 Å². The lowest BCUT2D eigenvalue weighted by atomic mass is 10.1. The first-order chi connectivity index (χ1) is 8.79. The highest BCUT2D eigenvalue weighted by molar-refractivity contribution is 7.89. The first-order valence-corrected chi connectivity index (χ1v) is 7.23. The Morgan fingerprint density at radius 3 is 2.58 bits per heavy atom. The Morgan fingerprint density at radius 2 is 2.05 bits per heavy atom. The van der Waals surface area contributed by atoms with Crippen molar-refractivity contribution >= 4 is 22.0 Å². The number of carbonyl (C=O) groups is 2. The van der Waals surface area contributed by atoms with Crippen LogP contribution in [-0.2, 0) is 29.1 Å². The van der Waals surface area contributed by atoms with Crippen LogP contribution in [0.1, 0.15) is 6.42 Å². The molecule has 0 aliphatic carbocycles. The minimum Gasteiger partial charge on any atom is -0.481 e. The SMILES string of the molecule is COC(=O)CCS(=O)(=O)N(C)C1COCC1C(=O)O. The minimum atomic E-state index is -3.73. The number of carbonyl (C=O) groups excluding carboxylic acids is 1. The largest absolute Gasteiger partial charge is 0.481 e. The molecule has 0 aromatic heterocycles. The number of methoxy groups -OCH3 is 1. The Morgan fingerprint density at radius 1 is 1.42 bits per heavy atom. The number of hydrogen-bond donors (Lipinski definition) is 1. The lowest BCUT2D eigenvalue weighted by molar-refractivity contribution is -0.143. The van der Waals surface area contributed by atoms with Crippen molar-refractivity contribution in [3.63, 3.8) is 0 Å². The number of aliphatic carboxylic acids is 1. The van der Waals surface area contributed by atoms with Crippen molar-refractivity contribution < 1.29 is 32.6 Å². The van der Waals surface area contributed by atoms with E-state index in [-0.39, 0.29) is 19.6 Å². The van der Waals surface area contributed by atoms with Crippen LogP contribution in [0.3, 0.4) is 0 Å². The normalized spacial score (nSPS) is 23.5. The second-order valence-corrected chi connectivity index (χ2v) is 6.36. The van der Waals surface area contributed by atoms with Gasteiger partial charge in [-0.25, -0.2) is 8.42 Å². The van der Waals surface area contributed by atoms with E-state index in [2.05, 4.69) is 4.74 Å². The maximum Gasteiger partial charge on any atom is 0.310 e. The summed E-state index contributed by atoms with van der Waals surface area (Å²) in [4.78, 5) is 21.9. The molecule has 1 aliphatic rings. The van der Waals surface area contributed by atoms with Gasteiger partial charge in [0.2, 0.25) is 10.0 Å². The minimum absolute atomic E-state index is 0.0170. The molecule has 1 aliphatic heterocycles. The fourth-order valence-corrected chi connectivity index (χ4v) is 3.13. The highest BCUT2D eigenvalue weighted by Gasteiger charge is 2.40. The molecule has 1 N–H and O–H groups in total. The highest BCUT2D eigenvalue weighted by Crippen LogP contribution is 2.21. The third kappa shape index (κ3) is 3.88. The summed E-state index contributed by atoms with van der Waals surface area (Å²) >= 11 is 0. The van der Waals surface area contributed by atoms with Gasteiger partial charge in [-0.2, -0.15) is 4.31 Å². The molecule has 110 valence electrons. The molecule has 1 heterocycles. The summed E-state index contributed by atoms with van der Waals surface area (Å²) in [6.45, 7) is 0.0157. The van der Waals surface area contributed by atoms with Crippen LogP contribution in [0.25, 0.3) is 0 Å². The third-order valence-electron chi connectivity index (χ3n) is 3.07. The standard InChI is InChI=1S/C10H17NO7S/c1-11(8-6-18-5-7(8)10(13)14)19(15,16)4-3-9(12)17-2/h7-8H,3-6H2,1-2H3,(H,13,14). The van der Waals surface area contributed by atoms with Crippen LogP contribution < -0.4 is 0 Å². The van der Waals surface area contributed by atoms with Gasteiger partial charge in [-0.05, 0) is 0 Å². The van der Waals surface area contributed by atoms with Crippen LogP contribution in [-0.4, -0.2) is 68.9 Å². The number of carboxylic acids is 1. The number of esters is 1. The van der Waals surface area contributed by atoms with Crippen LogP contribution in [0.5, 0.6) is 0 Å². The van der Waals surface area contributed by atoms with Gasteiger partial charge in [0.15, 0.2) is 0 Å². The van der Waals surface area contributed by atoms with Gasteiger partial charge in [-0.3, -0.25) is 9.59 Å². The Bertz CT molecular complexity index is 447. The first-order valence-electron chi connectivity index (χ1n) is 5.62. The third-order valence-corrected chi connectivity index (χ3v) is 4.93. The number of hydrogen-bond acceptors (Lipinski definition) is 6. The van der Waals surface area contributed by atoms with E-state index in [1.165, 1.54) is 14.2 Å². The van der Waals surface area contributed by atoms with Crippen LogP contribution >= 0.6 is 0 Å². The van der Waals surface area contributed by atoms with Crippen LogP contribution in [0.4, 0.5) is 0 Å². The molecule has 0 bridgehead atoms. The molecular weight excluding hydrogens is 278 g/mol. The number of carboxylic acid groups (broad SMARTS) is 1. The molecule has 1 fully saturated rings. The maximum atomic E-state index is 12.0.